The Morgan fingerprint density at radius 2 is 1.03 bits per heavy atom. The number of hydrogen-bond acceptors (Lipinski definition) is 2. The summed E-state index contributed by atoms with van der Waals surface area (Å²) in [4.78, 5) is 4.91. The predicted octanol–water partition coefficient (Wildman–Crippen LogP) is 17.1. The van der Waals surface area contributed by atoms with E-state index in [1.165, 1.54) is 61.2 Å². The van der Waals surface area contributed by atoms with E-state index in [0.717, 1.165) is 29.1 Å². The van der Waals surface area contributed by atoms with Crippen LogP contribution in [0, 0.1) is 0 Å². The van der Waals surface area contributed by atoms with Gasteiger partial charge in [-0.2, -0.15) is 0 Å². The Balaban J connectivity index is 1.39. The smallest absolute Gasteiger partial charge is 0.0579 e. The molecule has 0 amide bonds. The maximum Gasteiger partial charge on any atom is 0.0579 e. The van der Waals surface area contributed by atoms with Crippen LogP contribution in [0.3, 0.4) is 0 Å². The van der Waals surface area contributed by atoms with Crippen molar-refractivity contribution in [2.24, 2.45) is 0 Å². The van der Waals surface area contributed by atoms with Gasteiger partial charge in [-0.15, -0.1) is 0 Å². The van der Waals surface area contributed by atoms with Crippen LogP contribution in [0.15, 0.2) is 193 Å². The first kappa shape index (κ1) is 43.0. The van der Waals surface area contributed by atoms with Crippen molar-refractivity contribution in [3.8, 4) is 0 Å². The molecule has 0 saturated carbocycles. The molecule has 0 atom stereocenters. The quantitative estimate of drug-likeness (QED) is 0.127. The fourth-order valence-corrected chi connectivity index (χ4v) is 23.7. The van der Waals surface area contributed by atoms with Crippen molar-refractivity contribution < 1.29 is 0 Å². The second-order valence-electron chi connectivity index (χ2n) is 20.0. The van der Waals surface area contributed by atoms with Gasteiger partial charge in [-0.3, -0.25) is 0 Å². The minimum Gasteiger partial charge on any atom is -0.314 e. The van der Waals surface area contributed by atoms with Gasteiger partial charge in [-0.1, -0.05) is 171 Å². The van der Waals surface area contributed by atoms with Crippen molar-refractivity contribution in [1.29, 1.82) is 0 Å². The van der Waals surface area contributed by atoms with E-state index in [9.17, 15) is 0 Å². The summed E-state index contributed by atoms with van der Waals surface area (Å²) in [5.74, 6) is 0.939. The van der Waals surface area contributed by atoms with E-state index < -0.39 is 16.1 Å². The number of nitrogens with zero attached hydrogens (tertiary/aromatic N) is 2. The highest BCUT2D eigenvalue weighted by Crippen LogP contribution is 2.59. The van der Waals surface area contributed by atoms with Gasteiger partial charge in [0.05, 0.1) is 16.1 Å². The molecule has 2 aliphatic rings. The molecule has 0 saturated heterocycles. The molecule has 0 unspecified atom stereocenters. The highest BCUT2D eigenvalue weighted by molar-refractivity contribution is 6.99. The minimum absolute atomic E-state index is 0.130. The summed E-state index contributed by atoms with van der Waals surface area (Å²) < 4.78 is -0.130. The first-order valence-electron chi connectivity index (χ1n) is 22.6. The zero-order valence-electron chi connectivity index (χ0n) is 38.6. The first-order valence-corrected chi connectivity index (χ1v) is 29.6. The summed E-state index contributed by atoms with van der Waals surface area (Å²) in [5.41, 5.74) is 16.4. The lowest BCUT2D eigenvalue weighted by atomic mass is 9.94. The van der Waals surface area contributed by atoms with Gasteiger partial charge in [0.2, 0.25) is 0 Å². The molecule has 0 bridgehead atoms. The summed E-state index contributed by atoms with van der Waals surface area (Å²) in [7, 11) is -4.21. The van der Waals surface area contributed by atoms with Crippen LogP contribution in [0.2, 0.25) is 39.3 Å². The minimum atomic E-state index is -2.11. The molecule has 0 fully saturated rings. The van der Waals surface area contributed by atoms with Gasteiger partial charge in [0.25, 0.3) is 0 Å². The van der Waals surface area contributed by atoms with Crippen molar-refractivity contribution in [1.82, 2.24) is 0 Å². The Morgan fingerprint density at radius 1 is 0.532 bits per heavy atom. The first-order chi connectivity index (χ1) is 29.6. The van der Waals surface area contributed by atoms with Gasteiger partial charge >= 0.3 is 0 Å². The van der Waals surface area contributed by atoms with Gasteiger partial charge in [0, 0.05) is 45.2 Å². The van der Waals surface area contributed by atoms with Crippen LogP contribution in [-0.2, 0) is 4.66 Å². The Labute approximate surface area is 374 Å². The highest BCUT2D eigenvalue weighted by Gasteiger charge is 2.60. The van der Waals surface area contributed by atoms with E-state index >= 15 is 0 Å². The lowest BCUT2D eigenvalue weighted by Crippen LogP contribution is -2.63. The number of anilines is 5. The highest BCUT2D eigenvalue weighted by atomic mass is 28.4. The van der Waals surface area contributed by atoms with Crippen LogP contribution in [0.25, 0.3) is 16.3 Å². The van der Waals surface area contributed by atoms with E-state index in [4.69, 9.17) is 6.58 Å². The number of benzene rings is 6. The zero-order valence-corrected chi connectivity index (χ0v) is 40.6. The molecule has 8 rings (SSSR count). The Hall–Kier alpha value is -5.69. The summed E-state index contributed by atoms with van der Waals surface area (Å²) in [6.07, 6.45) is 12.4. The normalized spacial score (nSPS) is 17.1. The molecule has 0 radical (unpaired) electrons. The van der Waals surface area contributed by atoms with E-state index in [1.54, 1.807) is 0 Å². The lowest BCUT2D eigenvalue weighted by Gasteiger charge is -2.52. The third-order valence-corrected chi connectivity index (χ3v) is 23.3. The maximum absolute atomic E-state index is 4.88. The van der Waals surface area contributed by atoms with E-state index in [2.05, 4.69) is 247 Å². The molecule has 62 heavy (non-hydrogen) atoms. The molecule has 4 heteroatoms. The summed E-state index contributed by atoms with van der Waals surface area (Å²) >= 11 is 0. The average molecular weight is 845 g/mol. The van der Waals surface area contributed by atoms with Gasteiger partial charge in [-0.05, 0) is 134 Å². The van der Waals surface area contributed by atoms with Crippen molar-refractivity contribution in [3.63, 3.8) is 0 Å². The van der Waals surface area contributed by atoms with Crippen molar-refractivity contribution in [2.45, 2.75) is 89.9 Å². The lowest BCUT2D eigenvalue weighted by molar-refractivity contribution is 0.866. The summed E-state index contributed by atoms with van der Waals surface area (Å²) in [6.45, 7) is 29.6. The van der Waals surface area contributed by atoms with Crippen LogP contribution in [-0.4, -0.2) is 16.1 Å². The topological polar surface area (TPSA) is 6.48 Å². The standard InChI is InChI=1S/C58H64N2Si2/c1-41(2)44-27-32-50(33-28-44)59(48-22-16-13-17-23-48)52-26-20-12-15-21-43(5)57-54-38-46-31-36-53(60(49-24-18-14-19-25-49)51-34-29-45(30-35-51)42(3)4)37-47(46)39-55(54)58(56(57)40-52,61(6,7)8)62(9,10)11/h12-25,27-42H,5,26H2,1-4,6-11H3/b20-12-,21-15-,52-40+. The number of para-hydroxylation sites is 2. The van der Waals surface area contributed by atoms with Crippen LogP contribution < -0.4 is 9.80 Å². The second-order valence-corrected chi connectivity index (χ2v) is 31.0. The largest absolute Gasteiger partial charge is 0.314 e. The van der Waals surface area contributed by atoms with Crippen molar-refractivity contribution in [2.75, 3.05) is 9.80 Å². The van der Waals surface area contributed by atoms with Gasteiger partial charge in [0.15, 0.2) is 0 Å². The third-order valence-electron chi connectivity index (χ3n) is 13.3. The molecule has 314 valence electrons. The number of allylic oxidation sites excluding steroid dienone is 8. The molecule has 2 aliphatic carbocycles. The number of fused-ring (bicyclic) bond motifs is 3. The van der Waals surface area contributed by atoms with Crippen LogP contribution in [0.5, 0.6) is 0 Å². The van der Waals surface area contributed by atoms with Crippen LogP contribution in [0.4, 0.5) is 28.4 Å². The average Bonchev–Trinajstić information content (AvgIpc) is 3.54. The fourth-order valence-electron chi connectivity index (χ4n) is 10.7. The maximum atomic E-state index is 4.88. The van der Waals surface area contributed by atoms with Crippen molar-refractivity contribution >= 4 is 60.9 Å². The third kappa shape index (κ3) is 7.73. The number of hydrogen-bond donors (Lipinski definition) is 0. The molecular weight excluding hydrogens is 781 g/mol. The molecule has 0 heterocycles. The van der Waals surface area contributed by atoms with E-state index in [-0.39, 0.29) is 4.66 Å². The molecule has 6 aromatic carbocycles. The Morgan fingerprint density at radius 3 is 1.56 bits per heavy atom. The number of rotatable bonds is 10. The van der Waals surface area contributed by atoms with Gasteiger partial charge in [-0.25, -0.2) is 0 Å². The molecule has 0 aromatic heterocycles. The zero-order chi connectivity index (χ0) is 44.0. The monoisotopic (exact) mass is 844 g/mol. The van der Waals surface area contributed by atoms with Gasteiger partial charge in [0.1, 0.15) is 0 Å². The van der Waals surface area contributed by atoms with Crippen molar-refractivity contribution in [3.05, 3.63) is 216 Å². The summed E-state index contributed by atoms with van der Waals surface area (Å²) in [6, 6.07) is 52.3. The SMILES string of the molecule is C=C1/C=C\C=C/C/C(N(c2ccccc2)c2ccc(C(C)C)cc2)=C\C2=C1c1cc3ccc(N(c4ccccc4)c4ccc(C(C)C)cc4)cc3cc1C2([Si](C)(C)C)[Si](C)(C)C. The molecule has 0 aliphatic heterocycles. The molecule has 0 N–H and O–H groups in total. The van der Waals surface area contributed by atoms with Gasteiger partial charge < -0.3 is 9.80 Å². The predicted molar refractivity (Wildman–Crippen MR) is 277 cm³/mol. The Bertz CT molecular complexity index is 2710. The second kappa shape index (κ2) is 16.9. The fraction of sp³-hybridized carbons (Fsp3) is 0.241. The van der Waals surface area contributed by atoms with E-state index in [0.29, 0.717) is 11.8 Å². The van der Waals surface area contributed by atoms with E-state index in [1.807, 2.05) is 0 Å². The Kier molecular flexibility index (Phi) is 11.7. The molecular formula is C58H64N2Si2. The molecule has 2 nitrogen and oxygen atoms in total. The summed E-state index contributed by atoms with van der Waals surface area (Å²) in [5, 5.41) is 2.52. The molecule has 0 spiro atoms. The van der Waals surface area contributed by atoms with Crippen LogP contribution >= 0.6 is 0 Å². The molecule has 6 aromatic rings. The van der Waals surface area contributed by atoms with Crippen LogP contribution in [0.1, 0.15) is 68.2 Å².